The van der Waals surface area contributed by atoms with Gasteiger partial charge in [0.25, 0.3) is 5.91 Å². The maximum Gasteiger partial charge on any atom is 0.326 e. The van der Waals surface area contributed by atoms with Crippen LogP contribution in [0.25, 0.3) is 0 Å². The number of amides is 3. The number of ether oxygens (including phenoxy) is 1. The van der Waals surface area contributed by atoms with Gasteiger partial charge in [-0.3, -0.25) is 19.3 Å². The van der Waals surface area contributed by atoms with E-state index in [0.29, 0.717) is 12.8 Å². The molecular weight excluding hydrogens is 331 g/mol. The summed E-state index contributed by atoms with van der Waals surface area (Å²) in [5.74, 6) is -2.74. The lowest BCUT2D eigenvalue weighted by atomic mass is 9.98. The van der Waals surface area contributed by atoms with Gasteiger partial charge in [0, 0.05) is 0 Å². The van der Waals surface area contributed by atoms with Gasteiger partial charge in [-0.1, -0.05) is 25.0 Å². The zero-order chi connectivity index (χ0) is 18.0. The molecule has 1 aromatic carbocycles. The number of esters is 1. The van der Waals surface area contributed by atoms with E-state index in [4.69, 9.17) is 4.74 Å². The number of carbonyl (C=O) groups excluding carboxylic acids is 4. The summed E-state index contributed by atoms with van der Waals surface area (Å²) < 4.78 is 18.3. The van der Waals surface area contributed by atoms with Gasteiger partial charge in [0.2, 0.25) is 5.78 Å². The van der Waals surface area contributed by atoms with Gasteiger partial charge in [-0.05, 0) is 25.0 Å². The van der Waals surface area contributed by atoms with Gasteiger partial charge in [-0.2, -0.15) is 0 Å². The predicted octanol–water partition coefficient (Wildman–Crippen LogP) is 1.42. The van der Waals surface area contributed by atoms with Crippen molar-refractivity contribution in [2.24, 2.45) is 0 Å². The lowest BCUT2D eigenvalue weighted by molar-refractivity contribution is -0.146. The van der Waals surface area contributed by atoms with Gasteiger partial charge in [0.15, 0.2) is 6.61 Å². The second-order valence-corrected chi connectivity index (χ2v) is 6.17. The molecule has 1 aliphatic carbocycles. The van der Waals surface area contributed by atoms with Crippen molar-refractivity contribution in [2.75, 3.05) is 13.2 Å². The minimum absolute atomic E-state index is 0.185. The van der Waals surface area contributed by atoms with Crippen LogP contribution in [-0.4, -0.2) is 47.3 Å². The van der Waals surface area contributed by atoms with Crippen molar-refractivity contribution in [3.8, 4) is 0 Å². The van der Waals surface area contributed by atoms with Crippen LogP contribution in [0.3, 0.4) is 0 Å². The van der Waals surface area contributed by atoms with Crippen molar-refractivity contribution in [3.63, 3.8) is 0 Å². The average molecular weight is 348 g/mol. The third-order valence-electron chi connectivity index (χ3n) is 4.53. The van der Waals surface area contributed by atoms with Crippen LogP contribution in [-0.2, 0) is 14.3 Å². The van der Waals surface area contributed by atoms with E-state index in [2.05, 4.69) is 5.32 Å². The van der Waals surface area contributed by atoms with Crippen molar-refractivity contribution in [3.05, 3.63) is 35.6 Å². The number of Topliss-reactive ketones (excluding diaryl/α,β-unsaturated/α-hetero) is 1. The summed E-state index contributed by atoms with van der Waals surface area (Å²) in [6.45, 7) is -1.23. The lowest BCUT2D eigenvalue weighted by Gasteiger charge is -2.19. The molecule has 0 atom stereocenters. The minimum atomic E-state index is -0.902. The fourth-order valence-corrected chi connectivity index (χ4v) is 3.22. The molecule has 1 spiro atoms. The molecule has 2 fully saturated rings. The Morgan fingerprint density at radius 2 is 1.88 bits per heavy atom. The van der Waals surface area contributed by atoms with Crippen molar-refractivity contribution in [1.82, 2.24) is 10.2 Å². The summed E-state index contributed by atoms with van der Waals surface area (Å²) in [5.41, 5.74) is -1.09. The monoisotopic (exact) mass is 348 g/mol. The SMILES string of the molecule is O=C(CN1C(=O)NC2(CCCC2)C1=O)OCC(=O)c1ccccc1F. The molecule has 25 heavy (non-hydrogen) atoms. The number of rotatable bonds is 5. The van der Waals surface area contributed by atoms with Crippen molar-refractivity contribution >= 4 is 23.7 Å². The van der Waals surface area contributed by atoms with Crippen molar-refractivity contribution in [1.29, 1.82) is 0 Å². The first-order valence-corrected chi connectivity index (χ1v) is 8.00. The van der Waals surface area contributed by atoms with E-state index in [1.165, 1.54) is 18.2 Å². The first-order chi connectivity index (χ1) is 11.9. The Kier molecular flexibility index (Phi) is 4.52. The fourth-order valence-electron chi connectivity index (χ4n) is 3.22. The maximum absolute atomic E-state index is 13.5. The van der Waals surface area contributed by atoms with Crippen LogP contribution in [0.4, 0.5) is 9.18 Å². The summed E-state index contributed by atoms with van der Waals surface area (Å²) >= 11 is 0. The highest BCUT2D eigenvalue weighted by Crippen LogP contribution is 2.34. The molecule has 0 bridgehead atoms. The van der Waals surface area contributed by atoms with E-state index in [1.54, 1.807) is 0 Å². The number of halogens is 1. The number of hydrogen-bond donors (Lipinski definition) is 1. The Bertz CT molecular complexity index is 742. The molecule has 3 rings (SSSR count). The lowest BCUT2D eigenvalue weighted by Crippen LogP contribution is -2.44. The fraction of sp³-hybridized carbons (Fsp3) is 0.412. The molecule has 0 radical (unpaired) electrons. The van der Waals surface area contributed by atoms with Gasteiger partial charge in [0.05, 0.1) is 5.56 Å². The first kappa shape index (κ1) is 17.1. The summed E-state index contributed by atoms with van der Waals surface area (Å²) in [6, 6.07) is 4.71. The second kappa shape index (κ2) is 6.62. The first-order valence-electron chi connectivity index (χ1n) is 8.00. The molecular formula is C17H17FN2O5. The standard InChI is InChI=1S/C17H17FN2O5/c18-12-6-2-1-5-11(12)13(21)10-25-14(22)9-20-15(23)17(19-16(20)24)7-3-4-8-17/h1-2,5-6H,3-4,7-10H2,(H,19,24). The number of carbonyl (C=O) groups is 4. The van der Waals surface area contributed by atoms with Crippen LogP contribution in [0.15, 0.2) is 24.3 Å². The Morgan fingerprint density at radius 1 is 1.20 bits per heavy atom. The molecule has 1 aliphatic heterocycles. The van der Waals surface area contributed by atoms with E-state index in [1.807, 2.05) is 0 Å². The molecule has 0 unspecified atom stereocenters. The third kappa shape index (κ3) is 3.24. The average Bonchev–Trinajstić information content (AvgIpc) is 3.14. The van der Waals surface area contributed by atoms with Crippen LogP contribution < -0.4 is 5.32 Å². The van der Waals surface area contributed by atoms with Gasteiger partial charge in [-0.25, -0.2) is 9.18 Å². The highest BCUT2D eigenvalue weighted by atomic mass is 19.1. The van der Waals surface area contributed by atoms with E-state index in [0.717, 1.165) is 23.8 Å². The summed E-state index contributed by atoms with van der Waals surface area (Å²) in [6.07, 6.45) is 2.77. The number of benzene rings is 1. The van der Waals surface area contributed by atoms with Crippen LogP contribution in [0.5, 0.6) is 0 Å². The molecule has 1 heterocycles. The molecule has 1 saturated carbocycles. The molecule has 1 aromatic rings. The van der Waals surface area contributed by atoms with Crippen molar-refractivity contribution < 1.29 is 28.3 Å². The molecule has 7 nitrogen and oxygen atoms in total. The molecule has 2 aliphatic rings. The number of nitrogens with one attached hydrogen (secondary N) is 1. The van der Waals surface area contributed by atoms with Crippen LogP contribution in [0, 0.1) is 5.82 Å². The third-order valence-corrected chi connectivity index (χ3v) is 4.53. The normalized spacial score (nSPS) is 18.5. The zero-order valence-corrected chi connectivity index (χ0v) is 13.4. The summed E-state index contributed by atoms with van der Waals surface area (Å²) in [4.78, 5) is 48.9. The Hall–Kier alpha value is -2.77. The molecule has 8 heteroatoms. The zero-order valence-electron chi connectivity index (χ0n) is 13.4. The molecule has 1 N–H and O–H groups in total. The van der Waals surface area contributed by atoms with Crippen LogP contribution >= 0.6 is 0 Å². The Labute approximate surface area is 143 Å². The topological polar surface area (TPSA) is 92.8 Å². The van der Waals surface area contributed by atoms with Gasteiger partial charge >= 0.3 is 12.0 Å². The Balaban J connectivity index is 1.56. The number of hydrogen-bond acceptors (Lipinski definition) is 5. The number of ketones is 1. The van der Waals surface area contributed by atoms with E-state index < -0.39 is 48.2 Å². The molecule has 1 saturated heterocycles. The van der Waals surface area contributed by atoms with E-state index in [9.17, 15) is 23.6 Å². The summed E-state index contributed by atoms with van der Waals surface area (Å²) in [7, 11) is 0. The smallest absolute Gasteiger partial charge is 0.326 e. The number of urea groups is 1. The van der Waals surface area contributed by atoms with Crippen LogP contribution in [0.1, 0.15) is 36.0 Å². The highest BCUT2D eigenvalue weighted by molar-refractivity contribution is 6.09. The quantitative estimate of drug-likeness (QED) is 0.493. The van der Waals surface area contributed by atoms with E-state index >= 15 is 0 Å². The highest BCUT2D eigenvalue weighted by Gasteiger charge is 2.52. The van der Waals surface area contributed by atoms with Crippen molar-refractivity contribution in [2.45, 2.75) is 31.2 Å². The predicted molar refractivity (Wildman–Crippen MR) is 83.1 cm³/mol. The van der Waals surface area contributed by atoms with E-state index in [-0.39, 0.29) is 5.56 Å². The number of nitrogens with zero attached hydrogens (tertiary/aromatic N) is 1. The van der Waals surface area contributed by atoms with Gasteiger partial charge < -0.3 is 10.1 Å². The maximum atomic E-state index is 13.5. The summed E-state index contributed by atoms with van der Waals surface area (Å²) in [5, 5.41) is 2.65. The van der Waals surface area contributed by atoms with Gasteiger partial charge in [-0.15, -0.1) is 0 Å². The number of imide groups is 1. The van der Waals surface area contributed by atoms with Gasteiger partial charge in [0.1, 0.15) is 17.9 Å². The van der Waals surface area contributed by atoms with Crippen LogP contribution in [0.2, 0.25) is 0 Å². The Morgan fingerprint density at radius 3 is 2.56 bits per heavy atom. The minimum Gasteiger partial charge on any atom is -0.456 e. The molecule has 0 aromatic heterocycles. The largest absolute Gasteiger partial charge is 0.456 e. The second-order valence-electron chi connectivity index (χ2n) is 6.17. The molecule has 132 valence electrons. The molecule has 3 amide bonds.